The average Bonchev–Trinajstić information content (AvgIpc) is 2.65. The zero-order chi connectivity index (χ0) is 20.3. The fourth-order valence-electron chi connectivity index (χ4n) is 3.05. The molecular weight excluding hydrogens is 368 g/mol. The number of carbonyl (C=O) groups excluding carboxylic acids is 1. The summed E-state index contributed by atoms with van der Waals surface area (Å²) in [4.78, 5) is 24.5. The monoisotopic (exact) mass is 391 g/mol. The highest BCUT2D eigenvalue weighted by molar-refractivity contribution is 5.73. The summed E-state index contributed by atoms with van der Waals surface area (Å²) < 4.78 is 29.3. The van der Waals surface area contributed by atoms with E-state index >= 15 is 0 Å². The third-order valence-corrected chi connectivity index (χ3v) is 4.48. The van der Waals surface area contributed by atoms with Crippen molar-refractivity contribution >= 4 is 17.7 Å². The Hall–Kier alpha value is -2.97. The fraction of sp³-hybridized carbons (Fsp3) is 0.421. The summed E-state index contributed by atoms with van der Waals surface area (Å²) >= 11 is 0. The molecular formula is C19H23F2N5O2. The summed E-state index contributed by atoms with van der Waals surface area (Å²) in [6.45, 7) is 0.142. The van der Waals surface area contributed by atoms with E-state index in [0.29, 0.717) is 37.8 Å². The lowest BCUT2D eigenvalue weighted by Gasteiger charge is -2.29. The van der Waals surface area contributed by atoms with Crippen molar-refractivity contribution in [1.29, 1.82) is 0 Å². The van der Waals surface area contributed by atoms with Gasteiger partial charge in [-0.3, -0.25) is 4.79 Å². The van der Waals surface area contributed by atoms with E-state index in [1.807, 2.05) is 20.2 Å². The number of nitrogens with zero attached hydrogens (tertiary/aromatic N) is 4. The standard InChI is InChI=1S/C19H23F2N5O2/c1-12(27)26-8-7-15-16(11-26)23-19(25(2)3)24-17(15)22-10-13-5-4-6-14(9-13)28-18(20)21/h4-6,9,18H,7-8,10-11H2,1-3H3,(H,22,23,24). The average molecular weight is 391 g/mol. The Labute approximate surface area is 162 Å². The van der Waals surface area contributed by atoms with Crippen LogP contribution in [0.1, 0.15) is 23.7 Å². The van der Waals surface area contributed by atoms with Crippen molar-refractivity contribution in [3.05, 3.63) is 41.1 Å². The Morgan fingerprint density at radius 3 is 2.82 bits per heavy atom. The number of benzene rings is 1. The van der Waals surface area contributed by atoms with Crippen molar-refractivity contribution in [3.63, 3.8) is 0 Å². The minimum atomic E-state index is -2.86. The van der Waals surface area contributed by atoms with Crippen molar-refractivity contribution < 1.29 is 18.3 Å². The van der Waals surface area contributed by atoms with Crippen LogP contribution in [0.5, 0.6) is 5.75 Å². The highest BCUT2D eigenvalue weighted by Crippen LogP contribution is 2.26. The maximum atomic E-state index is 12.4. The number of anilines is 2. The first-order chi connectivity index (χ1) is 13.3. The van der Waals surface area contributed by atoms with Crippen molar-refractivity contribution in [1.82, 2.24) is 14.9 Å². The van der Waals surface area contributed by atoms with E-state index in [2.05, 4.69) is 20.0 Å². The summed E-state index contributed by atoms with van der Waals surface area (Å²) in [5.41, 5.74) is 2.58. The lowest BCUT2D eigenvalue weighted by Crippen LogP contribution is -2.35. The molecule has 2 heterocycles. The Kier molecular flexibility index (Phi) is 5.91. The first-order valence-corrected chi connectivity index (χ1v) is 8.93. The minimum absolute atomic E-state index is 0.0148. The molecule has 0 radical (unpaired) electrons. The molecule has 0 saturated heterocycles. The quantitative estimate of drug-likeness (QED) is 0.817. The van der Waals surface area contributed by atoms with E-state index in [1.54, 1.807) is 28.9 Å². The number of halogens is 2. The van der Waals surface area contributed by atoms with Gasteiger partial charge < -0.3 is 19.9 Å². The predicted octanol–water partition coefficient (Wildman–Crippen LogP) is 2.66. The fourth-order valence-corrected chi connectivity index (χ4v) is 3.05. The molecule has 7 nitrogen and oxygen atoms in total. The van der Waals surface area contributed by atoms with E-state index in [-0.39, 0.29) is 11.7 Å². The molecule has 150 valence electrons. The number of hydrogen-bond donors (Lipinski definition) is 1. The second kappa shape index (κ2) is 8.37. The summed E-state index contributed by atoms with van der Waals surface area (Å²) in [7, 11) is 3.70. The molecule has 0 bridgehead atoms. The van der Waals surface area contributed by atoms with Crippen LogP contribution in [0.4, 0.5) is 20.5 Å². The van der Waals surface area contributed by atoms with Crippen molar-refractivity contribution in [2.75, 3.05) is 30.9 Å². The van der Waals surface area contributed by atoms with Crippen LogP contribution in [0.3, 0.4) is 0 Å². The van der Waals surface area contributed by atoms with Crippen molar-refractivity contribution in [2.45, 2.75) is 33.0 Å². The maximum absolute atomic E-state index is 12.4. The van der Waals surface area contributed by atoms with Gasteiger partial charge in [-0.05, 0) is 24.1 Å². The maximum Gasteiger partial charge on any atom is 0.387 e. The number of rotatable bonds is 6. The molecule has 2 aromatic rings. The zero-order valence-corrected chi connectivity index (χ0v) is 16.1. The van der Waals surface area contributed by atoms with Crippen LogP contribution in [-0.2, 0) is 24.3 Å². The Morgan fingerprint density at radius 1 is 1.36 bits per heavy atom. The molecule has 0 saturated carbocycles. The van der Waals surface area contributed by atoms with E-state index < -0.39 is 6.61 Å². The lowest BCUT2D eigenvalue weighted by atomic mass is 10.1. The third-order valence-electron chi connectivity index (χ3n) is 4.48. The number of carbonyl (C=O) groups is 1. The highest BCUT2D eigenvalue weighted by atomic mass is 19.3. The molecule has 1 N–H and O–H groups in total. The van der Waals surface area contributed by atoms with Gasteiger partial charge >= 0.3 is 6.61 Å². The van der Waals surface area contributed by atoms with Gasteiger partial charge in [-0.25, -0.2) is 4.98 Å². The van der Waals surface area contributed by atoms with Crippen LogP contribution >= 0.6 is 0 Å². The van der Waals surface area contributed by atoms with E-state index in [1.165, 1.54) is 6.07 Å². The molecule has 1 aromatic carbocycles. The Balaban J connectivity index is 1.83. The third kappa shape index (κ3) is 4.65. The van der Waals surface area contributed by atoms with Gasteiger partial charge in [0.15, 0.2) is 0 Å². The normalized spacial score (nSPS) is 13.3. The van der Waals surface area contributed by atoms with Crippen LogP contribution in [0, 0.1) is 0 Å². The Bertz CT molecular complexity index is 860. The van der Waals surface area contributed by atoms with Gasteiger partial charge in [0.2, 0.25) is 11.9 Å². The van der Waals surface area contributed by atoms with E-state index in [9.17, 15) is 13.6 Å². The zero-order valence-electron chi connectivity index (χ0n) is 16.1. The van der Waals surface area contributed by atoms with Gasteiger partial charge in [-0.1, -0.05) is 12.1 Å². The molecule has 0 fully saturated rings. The molecule has 0 spiro atoms. The first-order valence-electron chi connectivity index (χ1n) is 8.93. The summed E-state index contributed by atoms with van der Waals surface area (Å²) in [5.74, 6) is 1.37. The van der Waals surface area contributed by atoms with Crippen LogP contribution in [0.15, 0.2) is 24.3 Å². The highest BCUT2D eigenvalue weighted by Gasteiger charge is 2.24. The van der Waals surface area contributed by atoms with Crippen LogP contribution in [-0.4, -0.2) is 48.0 Å². The predicted molar refractivity (Wildman–Crippen MR) is 102 cm³/mol. The molecule has 3 rings (SSSR count). The van der Waals surface area contributed by atoms with Crippen molar-refractivity contribution in [2.24, 2.45) is 0 Å². The second-order valence-corrected chi connectivity index (χ2v) is 6.76. The van der Waals surface area contributed by atoms with Gasteiger partial charge in [-0.15, -0.1) is 0 Å². The van der Waals surface area contributed by atoms with Gasteiger partial charge in [0.25, 0.3) is 0 Å². The molecule has 1 aliphatic rings. The molecule has 0 unspecified atom stereocenters. The summed E-state index contributed by atoms with van der Waals surface area (Å²) in [6, 6.07) is 6.54. The van der Waals surface area contributed by atoms with Crippen LogP contribution in [0.2, 0.25) is 0 Å². The number of amides is 1. The SMILES string of the molecule is CC(=O)N1CCc2c(nc(N(C)C)nc2NCc2cccc(OC(F)F)c2)C1. The number of ether oxygens (including phenoxy) is 1. The van der Waals surface area contributed by atoms with Gasteiger partial charge in [-0.2, -0.15) is 13.8 Å². The summed E-state index contributed by atoms with van der Waals surface area (Å²) in [5, 5.41) is 3.28. The van der Waals surface area contributed by atoms with Gasteiger partial charge in [0.1, 0.15) is 11.6 Å². The van der Waals surface area contributed by atoms with E-state index in [4.69, 9.17) is 0 Å². The molecule has 0 atom stereocenters. The number of alkyl halides is 2. The van der Waals surface area contributed by atoms with E-state index in [0.717, 1.165) is 16.8 Å². The molecule has 0 aliphatic carbocycles. The number of fused-ring (bicyclic) bond motifs is 1. The first kappa shape index (κ1) is 19.8. The molecule has 28 heavy (non-hydrogen) atoms. The number of aromatic nitrogens is 2. The van der Waals surface area contributed by atoms with Gasteiger partial charge in [0.05, 0.1) is 12.2 Å². The second-order valence-electron chi connectivity index (χ2n) is 6.76. The molecule has 1 aliphatic heterocycles. The number of nitrogens with one attached hydrogen (secondary N) is 1. The molecule has 1 amide bonds. The Morgan fingerprint density at radius 2 is 2.14 bits per heavy atom. The largest absolute Gasteiger partial charge is 0.435 e. The smallest absolute Gasteiger partial charge is 0.387 e. The molecule has 1 aromatic heterocycles. The topological polar surface area (TPSA) is 70.6 Å². The lowest BCUT2D eigenvalue weighted by molar-refractivity contribution is -0.129. The van der Waals surface area contributed by atoms with Crippen LogP contribution in [0.25, 0.3) is 0 Å². The van der Waals surface area contributed by atoms with Crippen molar-refractivity contribution in [3.8, 4) is 5.75 Å². The molecule has 9 heteroatoms. The minimum Gasteiger partial charge on any atom is -0.435 e. The van der Waals surface area contributed by atoms with Crippen LogP contribution < -0.4 is 15.0 Å². The summed E-state index contributed by atoms with van der Waals surface area (Å²) in [6.07, 6.45) is 0.652. The van der Waals surface area contributed by atoms with Gasteiger partial charge in [0, 0.05) is 39.7 Å². The number of hydrogen-bond acceptors (Lipinski definition) is 6.